The Morgan fingerprint density at radius 1 is 1.13 bits per heavy atom. The van der Waals surface area contributed by atoms with Crippen LogP contribution in [0.25, 0.3) is 0 Å². The van der Waals surface area contributed by atoms with E-state index in [2.05, 4.69) is 16.1 Å². The maximum absolute atomic E-state index is 14.9. The molecule has 1 aromatic rings. The van der Waals surface area contributed by atoms with Crippen molar-refractivity contribution in [1.82, 2.24) is 19.7 Å². The molecule has 0 aromatic carbocycles. The maximum Gasteiger partial charge on any atom is 0.343 e. The molecule has 15 heteroatoms. The molecule has 0 aliphatic heterocycles. The highest BCUT2D eigenvalue weighted by molar-refractivity contribution is 7.54. The average molecular weight is 563 g/mol. The van der Waals surface area contributed by atoms with Crippen LogP contribution in [0.5, 0.6) is 0 Å². The monoisotopic (exact) mass is 562 g/mol. The minimum Gasteiger partial charge on any atom is -0.462 e. The number of nitrogens with zero attached hydrogens (tertiary/aromatic N) is 1. The summed E-state index contributed by atoms with van der Waals surface area (Å²) in [4.78, 5) is 49.6. The summed E-state index contributed by atoms with van der Waals surface area (Å²) >= 11 is 0. The van der Waals surface area contributed by atoms with Gasteiger partial charge in [0.15, 0.2) is 6.04 Å². The quantitative estimate of drug-likeness (QED) is 0.136. The van der Waals surface area contributed by atoms with E-state index < -0.39 is 80.1 Å². The number of aliphatic hydroxyl groups excluding tert-OH is 1. The molecule has 6 unspecified atom stereocenters. The molecule has 214 valence electrons. The van der Waals surface area contributed by atoms with Gasteiger partial charge in [-0.25, -0.2) is 24.2 Å². The molecule has 0 radical (unpaired) electrons. The van der Waals surface area contributed by atoms with E-state index in [4.69, 9.17) is 20.4 Å². The molecule has 1 rings (SSSR count). The fourth-order valence-corrected chi connectivity index (χ4v) is 4.80. The molecule has 38 heavy (non-hydrogen) atoms. The molecular weight excluding hydrogens is 526 g/mol. The van der Waals surface area contributed by atoms with Gasteiger partial charge >= 0.3 is 25.3 Å². The predicted molar refractivity (Wildman–Crippen MR) is 136 cm³/mol. The van der Waals surface area contributed by atoms with Crippen LogP contribution >= 0.6 is 7.67 Å². The number of halogens is 1. The van der Waals surface area contributed by atoms with Gasteiger partial charge in [0.05, 0.1) is 18.8 Å². The van der Waals surface area contributed by atoms with Crippen LogP contribution in [0, 0.1) is 18.3 Å². The number of nitrogens with one attached hydrogen (secondary N) is 3. The van der Waals surface area contributed by atoms with Crippen molar-refractivity contribution in [1.29, 1.82) is 0 Å². The normalized spacial score (nSPS) is 17.1. The Bertz CT molecular complexity index is 1150. The molecule has 0 fully saturated rings. The fraction of sp³-hybridized carbons (Fsp3) is 0.652. The maximum atomic E-state index is 14.9. The number of hydrogen-bond acceptors (Lipinski definition) is 9. The number of terminal acetylenes is 1. The van der Waals surface area contributed by atoms with Crippen LogP contribution in [-0.2, 0) is 28.2 Å². The molecule has 13 nitrogen and oxygen atoms in total. The second-order valence-corrected chi connectivity index (χ2v) is 11.0. The molecule has 0 bridgehead atoms. The van der Waals surface area contributed by atoms with E-state index in [1.807, 2.05) is 4.98 Å². The third-order valence-electron chi connectivity index (χ3n) is 4.83. The number of ether oxygens (including phenoxy) is 2. The summed E-state index contributed by atoms with van der Waals surface area (Å²) in [6, 6.07) is -1.74. The van der Waals surface area contributed by atoms with Crippen molar-refractivity contribution in [2.24, 2.45) is 5.92 Å². The van der Waals surface area contributed by atoms with Gasteiger partial charge in [-0.1, -0.05) is 12.8 Å². The molecular formula is C23H36FN4O9P. The van der Waals surface area contributed by atoms with Crippen molar-refractivity contribution >= 4 is 19.6 Å². The standard InChI is InChI=1S/C23H36FN4O9P/c1-8-18(22(32)37-14(4)5)27-38(34,26-16(7)21(31)36-13(2)3)35-12-17(24)11-15(6)20(30)28-10-9-19(29)25-23(28)33/h1,9-10,13-18,20,30H,11-12H2,2-7H3,(H,25,29,33)(H2,26,27,34). The first-order valence-electron chi connectivity index (χ1n) is 11.9. The zero-order valence-electron chi connectivity index (χ0n) is 22.2. The molecule has 0 aliphatic rings. The highest BCUT2D eigenvalue weighted by Crippen LogP contribution is 2.40. The number of alkyl halides is 1. The Hall–Kier alpha value is -2.82. The third kappa shape index (κ3) is 10.9. The van der Waals surface area contributed by atoms with Gasteiger partial charge in [0, 0.05) is 18.2 Å². The molecule has 0 saturated heterocycles. The average Bonchev–Trinajstić information content (AvgIpc) is 2.80. The summed E-state index contributed by atoms with van der Waals surface area (Å²) < 4.78 is 44.6. The lowest BCUT2D eigenvalue weighted by atomic mass is 10.0. The smallest absolute Gasteiger partial charge is 0.343 e. The first kappa shape index (κ1) is 33.2. The largest absolute Gasteiger partial charge is 0.462 e. The van der Waals surface area contributed by atoms with Crippen molar-refractivity contribution < 1.29 is 37.6 Å². The minimum atomic E-state index is -4.38. The molecule has 0 amide bonds. The van der Waals surface area contributed by atoms with Gasteiger partial charge in [0.25, 0.3) is 5.56 Å². The van der Waals surface area contributed by atoms with Crippen molar-refractivity contribution in [3.8, 4) is 12.3 Å². The number of aromatic nitrogens is 2. The van der Waals surface area contributed by atoms with E-state index in [1.54, 1.807) is 27.7 Å². The third-order valence-corrected chi connectivity index (χ3v) is 6.67. The van der Waals surface area contributed by atoms with Gasteiger partial charge in [-0.2, -0.15) is 0 Å². The summed E-state index contributed by atoms with van der Waals surface area (Å²) in [5.41, 5.74) is -1.54. The van der Waals surface area contributed by atoms with Crippen LogP contribution in [0.1, 0.15) is 54.2 Å². The van der Waals surface area contributed by atoms with Crippen LogP contribution in [0.4, 0.5) is 4.39 Å². The van der Waals surface area contributed by atoms with E-state index in [9.17, 15) is 33.2 Å². The van der Waals surface area contributed by atoms with Gasteiger partial charge in [-0.05, 0) is 41.0 Å². The number of rotatable bonds is 15. The molecule has 0 aliphatic carbocycles. The zero-order chi connectivity index (χ0) is 29.2. The predicted octanol–water partition coefficient (Wildman–Crippen LogP) is 0.989. The van der Waals surface area contributed by atoms with Crippen LogP contribution in [0.2, 0.25) is 0 Å². The number of aromatic amines is 1. The van der Waals surface area contributed by atoms with E-state index in [1.165, 1.54) is 13.8 Å². The Morgan fingerprint density at radius 2 is 1.71 bits per heavy atom. The van der Waals surface area contributed by atoms with Crippen molar-refractivity contribution in [2.45, 2.75) is 84.7 Å². The van der Waals surface area contributed by atoms with Gasteiger partial charge in [0.2, 0.25) is 0 Å². The van der Waals surface area contributed by atoms with Gasteiger partial charge in [0.1, 0.15) is 18.4 Å². The number of aliphatic hydroxyl groups is 1. The summed E-state index contributed by atoms with van der Waals surface area (Å²) in [6.07, 6.45) is 1.79. The summed E-state index contributed by atoms with van der Waals surface area (Å²) in [5.74, 6) is -0.493. The summed E-state index contributed by atoms with van der Waals surface area (Å²) in [5, 5.41) is 15.1. The molecule has 1 aromatic heterocycles. The second kappa shape index (κ2) is 14.9. The number of carbonyl (C=O) groups excluding carboxylic acids is 2. The lowest BCUT2D eigenvalue weighted by Crippen LogP contribution is -2.44. The highest BCUT2D eigenvalue weighted by atomic mass is 31.2. The SMILES string of the molecule is C#CC(NP(=O)(NC(C)C(=O)OC(C)C)OCC(F)CC(C)C(O)n1ccc(=O)[nH]c1=O)C(=O)OC(C)C. The Kier molecular flexibility index (Phi) is 13.1. The first-order chi connectivity index (χ1) is 17.6. The van der Waals surface area contributed by atoms with Crippen molar-refractivity contribution in [2.75, 3.05) is 6.61 Å². The van der Waals surface area contributed by atoms with Gasteiger partial charge in [-0.3, -0.25) is 23.7 Å². The lowest BCUT2D eigenvalue weighted by molar-refractivity contribution is -0.149. The summed E-state index contributed by atoms with van der Waals surface area (Å²) in [7, 11) is -4.38. The fourth-order valence-electron chi connectivity index (χ4n) is 3.07. The van der Waals surface area contributed by atoms with Crippen molar-refractivity contribution in [3.05, 3.63) is 33.1 Å². The molecule has 4 N–H and O–H groups in total. The lowest BCUT2D eigenvalue weighted by Gasteiger charge is -2.27. The number of carbonyl (C=O) groups is 2. The van der Waals surface area contributed by atoms with E-state index in [-0.39, 0.29) is 6.42 Å². The zero-order valence-corrected chi connectivity index (χ0v) is 23.1. The first-order valence-corrected chi connectivity index (χ1v) is 13.5. The van der Waals surface area contributed by atoms with Gasteiger partial charge < -0.3 is 19.1 Å². The summed E-state index contributed by atoms with van der Waals surface area (Å²) in [6.45, 7) is 8.34. The number of H-pyrrole nitrogens is 1. The van der Waals surface area contributed by atoms with Crippen LogP contribution in [-0.4, -0.2) is 63.7 Å². The molecule has 1 heterocycles. The minimum absolute atomic E-state index is 0.356. The second-order valence-electron chi connectivity index (χ2n) is 9.14. The highest BCUT2D eigenvalue weighted by Gasteiger charge is 2.35. The Morgan fingerprint density at radius 3 is 2.24 bits per heavy atom. The van der Waals surface area contributed by atoms with Gasteiger partial charge in [-0.15, -0.1) is 6.42 Å². The molecule has 0 saturated carbocycles. The molecule has 6 atom stereocenters. The van der Waals surface area contributed by atoms with E-state index in [0.29, 0.717) is 0 Å². The van der Waals surface area contributed by atoms with Crippen LogP contribution in [0.3, 0.4) is 0 Å². The number of esters is 2. The van der Waals surface area contributed by atoms with Crippen LogP contribution in [0.15, 0.2) is 21.9 Å². The number of hydrogen-bond donors (Lipinski definition) is 4. The van der Waals surface area contributed by atoms with E-state index in [0.717, 1.165) is 16.8 Å². The van der Waals surface area contributed by atoms with E-state index >= 15 is 0 Å². The topological polar surface area (TPSA) is 178 Å². The Balaban J connectivity index is 3.00. The van der Waals surface area contributed by atoms with Crippen molar-refractivity contribution in [3.63, 3.8) is 0 Å². The molecule has 0 spiro atoms. The Labute approximate surface area is 220 Å². The van der Waals surface area contributed by atoms with Crippen LogP contribution < -0.4 is 21.4 Å².